The maximum absolute atomic E-state index is 12.5. The maximum Gasteiger partial charge on any atom is 0.260 e. The zero-order valence-corrected chi connectivity index (χ0v) is 23.8. The Hall–Kier alpha value is -3.37. The fourth-order valence-corrected chi connectivity index (χ4v) is 5.05. The number of sulfonamides is 1. The highest BCUT2D eigenvalue weighted by Crippen LogP contribution is 2.37. The number of carbonyl (C=O) groups excluding carboxylic acids is 1. The van der Waals surface area contributed by atoms with E-state index < -0.39 is 22.5 Å². The van der Waals surface area contributed by atoms with Gasteiger partial charge in [0.25, 0.3) is 5.91 Å². The van der Waals surface area contributed by atoms with E-state index in [0.29, 0.717) is 33.8 Å². The summed E-state index contributed by atoms with van der Waals surface area (Å²) >= 11 is 3.51. The number of amides is 1. The van der Waals surface area contributed by atoms with Crippen molar-refractivity contribution in [3.63, 3.8) is 0 Å². The molecule has 3 aromatic carbocycles. The van der Waals surface area contributed by atoms with Crippen LogP contribution in [0.2, 0.25) is 0 Å². The molecule has 10 heteroatoms. The van der Waals surface area contributed by atoms with E-state index in [0.717, 1.165) is 27.3 Å². The summed E-state index contributed by atoms with van der Waals surface area (Å²) in [6, 6.07) is 16.9. The summed E-state index contributed by atoms with van der Waals surface area (Å²) in [5, 5.41) is 3.99. The summed E-state index contributed by atoms with van der Waals surface area (Å²) in [5.74, 6) is 0.457. The number of hydrogen-bond acceptors (Lipinski definition) is 6. The summed E-state index contributed by atoms with van der Waals surface area (Å²) in [6.45, 7) is 5.73. The van der Waals surface area contributed by atoms with Gasteiger partial charge in [0.15, 0.2) is 11.5 Å². The minimum absolute atomic E-state index is 0.371. The second kappa shape index (κ2) is 12.2. The maximum atomic E-state index is 12.5. The Morgan fingerprint density at radius 1 is 1.03 bits per heavy atom. The van der Waals surface area contributed by atoms with Crippen molar-refractivity contribution in [2.24, 2.45) is 5.10 Å². The molecule has 0 fully saturated rings. The van der Waals surface area contributed by atoms with Crippen LogP contribution in [0.1, 0.15) is 27.8 Å². The molecule has 0 aliphatic rings. The van der Waals surface area contributed by atoms with E-state index in [2.05, 4.69) is 26.5 Å². The molecule has 3 rings (SSSR count). The highest BCUT2D eigenvalue weighted by atomic mass is 79.9. The number of benzene rings is 3. The third kappa shape index (κ3) is 8.06. The first-order chi connectivity index (χ1) is 17.5. The average molecular weight is 589 g/mol. The van der Waals surface area contributed by atoms with Gasteiger partial charge in [-0.25, -0.2) is 13.8 Å². The van der Waals surface area contributed by atoms with Crippen LogP contribution in [0.5, 0.6) is 11.5 Å². The molecule has 1 N–H and O–H groups in total. The van der Waals surface area contributed by atoms with Crippen molar-refractivity contribution in [1.29, 1.82) is 0 Å². The molecule has 3 aromatic rings. The molecule has 0 saturated carbocycles. The predicted molar refractivity (Wildman–Crippen MR) is 150 cm³/mol. The third-order valence-corrected chi connectivity index (χ3v) is 7.07. The van der Waals surface area contributed by atoms with Gasteiger partial charge in [-0.2, -0.15) is 5.10 Å². The normalized spacial score (nSPS) is 11.4. The second-order valence-corrected chi connectivity index (χ2v) is 11.5. The van der Waals surface area contributed by atoms with Gasteiger partial charge in [0.1, 0.15) is 13.2 Å². The molecule has 0 saturated heterocycles. The van der Waals surface area contributed by atoms with Crippen molar-refractivity contribution >= 4 is 43.8 Å². The summed E-state index contributed by atoms with van der Waals surface area (Å²) in [4.78, 5) is 12.5. The quantitative estimate of drug-likeness (QED) is 0.269. The van der Waals surface area contributed by atoms with Gasteiger partial charge in [0, 0.05) is 0 Å². The smallest absolute Gasteiger partial charge is 0.260 e. The number of aryl methyl sites for hydroxylation is 3. The van der Waals surface area contributed by atoms with Gasteiger partial charge < -0.3 is 9.47 Å². The van der Waals surface area contributed by atoms with Crippen molar-refractivity contribution in [2.75, 3.05) is 24.2 Å². The van der Waals surface area contributed by atoms with E-state index in [-0.39, 0.29) is 0 Å². The van der Waals surface area contributed by atoms with Crippen molar-refractivity contribution in [3.05, 3.63) is 86.9 Å². The van der Waals surface area contributed by atoms with Gasteiger partial charge in [-0.05, 0) is 83.2 Å². The highest BCUT2D eigenvalue weighted by Gasteiger charge is 2.21. The van der Waals surface area contributed by atoms with Crippen LogP contribution >= 0.6 is 15.9 Å². The summed E-state index contributed by atoms with van der Waals surface area (Å²) in [6.07, 6.45) is 2.50. The van der Waals surface area contributed by atoms with E-state index in [1.165, 1.54) is 18.9 Å². The number of halogens is 1. The van der Waals surface area contributed by atoms with Crippen molar-refractivity contribution in [3.8, 4) is 11.5 Å². The number of carbonyl (C=O) groups is 1. The molecule has 0 atom stereocenters. The number of hydrogen-bond donors (Lipinski definition) is 1. The van der Waals surface area contributed by atoms with Crippen LogP contribution in [-0.2, 0) is 21.4 Å². The van der Waals surface area contributed by atoms with Gasteiger partial charge in [-0.15, -0.1) is 0 Å². The van der Waals surface area contributed by atoms with Crippen LogP contribution in [0.15, 0.2) is 64.2 Å². The van der Waals surface area contributed by atoms with Crippen LogP contribution in [0.4, 0.5) is 5.69 Å². The van der Waals surface area contributed by atoms with Gasteiger partial charge in [0.05, 0.1) is 29.7 Å². The zero-order valence-electron chi connectivity index (χ0n) is 21.4. The summed E-state index contributed by atoms with van der Waals surface area (Å²) in [5.41, 5.74) is 7.45. The van der Waals surface area contributed by atoms with E-state index in [4.69, 9.17) is 9.47 Å². The van der Waals surface area contributed by atoms with Crippen molar-refractivity contribution < 1.29 is 22.7 Å². The minimum atomic E-state index is -3.69. The molecule has 0 aliphatic heterocycles. The lowest BCUT2D eigenvalue weighted by Crippen LogP contribution is -2.39. The SMILES string of the molecule is COc1cc(/C=N\NC(=O)CN(c2cc(C)cc(C)c2)S(C)(=O)=O)cc(Br)c1OCc1ccc(C)cc1. The number of methoxy groups -OCH3 is 1. The number of nitrogens with one attached hydrogen (secondary N) is 1. The standard InChI is InChI=1S/C27H30BrN3O5S/c1-18-6-8-21(9-7-18)17-36-27-24(28)13-22(14-25(27)35-4)15-29-30-26(32)16-31(37(5,33)34)23-11-19(2)10-20(3)12-23/h6-15H,16-17H2,1-5H3,(H,30,32)/b29-15-. The minimum Gasteiger partial charge on any atom is -0.493 e. The Kier molecular flexibility index (Phi) is 9.34. The largest absolute Gasteiger partial charge is 0.493 e. The zero-order chi connectivity index (χ0) is 27.2. The lowest BCUT2D eigenvalue weighted by atomic mass is 10.1. The van der Waals surface area contributed by atoms with Crippen LogP contribution < -0.4 is 19.2 Å². The molecule has 0 bridgehead atoms. The van der Waals surface area contributed by atoms with Gasteiger partial charge in [-0.3, -0.25) is 9.10 Å². The van der Waals surface area contributed by atoms with Crippen LogP contribution in [0, 0.1) is 20.8 Å². The van der Waals surface area contributed by atoms with Crippen molar-refractivity contribution in [1.82, 2.24) is 5.43 Å². The molecular formula is C27H30BrN3O5S. The summed E-state index contributed by atoms with van der Waals surface area (Å²) < 4.78 is 37.9. The van der Waals surface area contributed by atoms with E-state index in [1.54, 1.807) is 24.3 Å². The fraction of sp³-hybridized carbons (Fsp3) is 0.259. The van der Waals surface area contributed by atoms with Gasteiger partial charge in [0.2, 0.25) is 10.0 Å². The van der Waals surface area contributed by atoms with E-state index in [9.17, 15) is 13.2 Å². The van der Waals surface area contributed by atoms with E-state index in [1.807, 2.05) is 51.1 Å². The molecule has 0 aliphatic carbocycles. The monoisotopic (exact) mass is 587 g/mol. The molecule has 0 unspecified atom stereocenters. The summed E-state index contributed by atoms with van der Waals surface area (Å²) in [7, 11) is -2.15. The number of anilines is 1. The molecule has 37 heavy (non-hydrogen) atoms. The van der Waals surface area contributed by atoms with Crippen LogP contribution in [0.25, 0.3) is 0 Å². The molecule has 196 valence electrons. The second-order valence-electron chi connectivity index (χ2n) is 8.72. The van der Waals surface area contributed by atoms with Crippen molar-refractivity contribution in [2.45, 2.75) is 27.4 Å². The molecule has 0 spiro atoms. The van der Waals surface area contributed by atoms with Gasteiger partial charge in [-0.1, -0.05) is 35.9 Å². The number of hydrazone groups is 1. The highest BCUT2D eigenvalue weighted by molar-refractivity contribution is 9.10. The predicted octanol–water partition coefficient (Wildman–Crippen LogP) is 4.88. The average Bonchev–Trinajstić information content (AvgIpc) is 2.81. The Morgan fingerprint density at radius 3 is 2.27 bits per heavy atom. The Bertz CT molecular complexity index is 1390. The molecule has 0 aromatic heterocycles. The lowest BCUT2D eigenvalue weighted by Gasteiger charge is -2.22. The Morgan fingerprint density at radius 2 is 1.68 bits per heavy atom. The van der Waals surface area contributed by atoms with E-state index >= 15 is 0 Å². The molecule has 0 radical (unpaired) electrons. The Labute approximate surface area is 226 Å². The van der Waals surface area contributed by atoms with Crippen LogP contribution in [-0.4, -0.2) is 40.4 Å². The first-order valence-corrected chi connectivity index (χ1v) is 14.0. The molecular weight excluding hydrogens is 558 g/mol. The topological polar surface area (TPSA) is 97.3 Å². The molecule has 0 heterocycles. The third-order valence-electron chi connectivity index (χ3n) is 5.34. The number of nitrogens with zero attached hydrogens (tertiary/aromatic N) is 2. The molecule has 8 nitrogen and oxygen atoms in total. The molecule has 1 amide bonds. The van der Waals surface area contributed by atoms with Crippen LogP contribution in [0.3, 0.4) is 0 Å². The lowest BCUT2D eigenvalue weighted by molar-refractivity contribution is -0.119. The first kappa shape index (κ1) is 28.2. The van der Waals surface area contributed by atoms with Gasteiger partial charge >= 0.3 is 0 Å². The first-order valence-electron chi connectivity index (χ1n) is 11.4. The number of rotatable bonds is 10. The Balaban J connectivity index is 1.69. The fourth-order valence-electron chi connectivity index (χ4n) is 3.63. The number of ether oxygens (including phenoxy) is 2.